The summed E-state index contributed by atoms with van der Waals surface area (Å²) in [6.45, 7) is 5.40. The Morgan fingerprint density at radius 2 is 2.07 bits per heavy atom. The fourth-order valence-electron chi connectivity index (χ4n) is 3.25. The Balaban J connectivity index is 1.63. The molecule has 0 spiro atoms. The SMILES string of the molecule is CCCc1noc(COC(=O)C2CCCN(S(=O)(=O)c3c(C)noc3C)C2)n1. The molecule has 1 atom stereocenters. The van der Waals surface area contributed by atoms with Crippen LogP contribution >= 0.6 is 0 Å². The molecule has 0 bridgehead atoms. The lowest BCUT2D eigenvalue weighted by atomic mass is 10.0. The lowest BCUT2D eigenvalue weighted by molar-refractivity contribution is -0.151. The minimum atomic E-state index is -3.79. The van der Waals surface area contributed by atoms with Gasteiger partial charge in [-0.3, -0.25) is 4.79 Å². The van der Waals surface area contributed by atoms with Gasteiger partial charge in [0, 0.05) is 19.5 Å². The van der Waals surface area contributed by atoms with Crippen molar-refractivity contribution in [2.45, 2.75) is 58.0 Å². The zero-order valence-electron chi connectivity index (χ0n) is 16.2. The highest BCUT2D eigenvalue weighted by molar-refractivity contribution is 7.89. The number of rotatable bonds is 7. The average Bonchev–Trinajstić information content (AvgIpc) is 3.26. The van der Waals surface area contributed by atoms with E-state index in [2.05, 4.69) is 15.3 Å². The van der Waals surface area contributed by atoms with Crippen LogP contribution < -0.4 is 0 Å². The first kappa shape index (κ1) is 20.5. The normalized spacial score (nSPS) is 18.3. The highest BCUT2D eigenvalue weighted by atomic mass is 32.2. The van der Waals surface area contributed by atoms with Crippen LogP contribution in [-0.2, 0) is 32.6 Å². The van der Waals surface area contributed by atoms with Crippen LogP contribution in [0.4, 0.5) is 0 Å². The molecule has 28 heavy (non-hydrogen) atoms. The molecule has 3 rings (SSSR count). The molecule has 10 nitrogen and oxygen atoms in total. The Labute approximate surface area is 163 Å². The van der Waals surface area contributed by atoms with Gasteiger partial charge in [0.1, 0.15) is 10.6 Å². The first-order valence-corrected chi connectivity index (χ1v) is 10.7. The smallest absolute Gasteiger partial charge is 0.310 e. The van der Waals surface area contributed by atoms with E-state index in [9.17, 15) is 13.2 Å². The zero-order chi connectivity index (χ0) is 20.3. The highest BCUT2D eigenvalue weighted by Crippen LogP contribution is 2.28. The zero-order valence-corrected chi connectivity index (χ0v) is 17.0. The van der Waals surface area contributed by atoms with E-state index in [-0.39, 0.29) is 29.7 Å². The number of sulfonamides is 1. The van der Waals surface area contributed by atoms with Gasteiger partial charge in [-0.1, -0.05) is 17.2 Å². The van der Waals surface area contributed by atoms with E-state index in [0.717, 1.165) is 6.42 Å². The summed E-state index contributed by atoms with van der Waals surface area (Å²) in [4.78, 5) is 16.6. The van der Waals surface area contributed by atoms with E-state index in [0.29, 0.717) is 37.3 Å². The van der Waals surface area contributed by atoms with Gasteiger partial charge in [0.25, 0.3) is 5.89 Å². The van der Waals surface area contributed by atoms with Gasteiger partial charge in [0.05, 0.1) is 5.92 Å². The molecule has 0 N–H and O–H groups in total. The summed E-state index contributed by atoms with van der Waals surface area (Å²) in [6.07, 6.45) is 2.69. The largest absolute Gasteiger partial charge is 0.455 e. The van der Waals surface area contributed by atoms with Gasteiger partial charge in [-0.2, -0.15) is 9.29 Å². The molecule has 1 saturated heterocycles. The van der Waals surface area contributed by atoms with Crippen molar-refractivity contribution in [2.24, 2.45) is 5.92 Å². The fraction of sp³-hybridized carbons (Fsp3) is 0.647. The molecule has 0 aliphatic carbocycles. The van der Waals surface area contributed by atoms with E-state index in [1.165, 1.54) is 4.31 Å². The highest BCUT2D eigenvalue weighted by Gasteiger charge is 2.37. The Morgan fingerprint density at radius 1 is 1.29 bits per heavy atom. The van der Waals surface area contributed by atoms with Crippen LogP contribution in [0.1, 0.15) is 49.4 Å². The maximum absolute atomic E-state index is 12.9. The summed E-state index contributed by atoms with van der Waals surface area (Å²) in [6, 6.07) is 0. The number of hydrogen-bond acceptors (Lipinski definition) is 9. The summed E-state index contributed by atoms with van der Waals surface area (Å²) >= 11 is 0. The molecule has 1 unspecified atom stereocenters. The quantitative estimate of drug-likeness (QED) is 0.625. The first-order chi connectivity index (χ1) is 13.3. The third kappa shape index (κ3) is 4.25. The van der Waals surface area contributed by atoms with Crippen molar-refractivity contribution in [3.05, 3.63) is 23.2 Å². The van der Waals surface area contributed by atoms with Crippen molar-refractivity contribution < 1.29 is 27.0 Å². The average molecular weight is 412 g/mol. The number of nitrogens with zero attached hydrogens (tertiary/aromatic N) is 4. The predicted octanol–water partition coefficient (Wildman–Crippen LogP) is 1.77. The molecule has 0 amide bonds. The molecule has 1 fully saturated rings. The Hall–Kier alpha value is -2.27. The van der Waals surface area contributed by atoms with Crippen LogP contribution in [0.25, 0.3) is 0 Å². The maximum atomic E-state index is 12.9. The summed E-state index contributed by atoms with van der Waals surface area (Å²) in [5.74, 6) is 0.00756. The molecule has 2 aromatic rings. The van der Waals surface area contributed by atoms with E-state index >= 15 is 0 Å². The number of ether oxygens (including phenoxy) is 1. The van der Waals surface area contributed by atoms with Crippen LogP contribution in [0, 0.1) is 19.8 Å². The molecule has 1 aliphatic heterocycles. The number of piperidine rings is 1. The molecular formula is C17H24N4O6S. The second-order valence-corrected chi connectivity index (χ2v) is 8.69. The van der Waals surface area contributed by atoms with Crippen molar-refractivity contribution in [3.63, 3.8) is 0 Å². The van der Waals surface area contributed by atoms with E-state index in [4.69, 9.17) is 13.8 Å². The molecule has 154 valence electrons. The van der Waals surface area contributed by atoms with Gasteiger partial charge in [0.15, 0.2) is 18.2 Å². The minimum absolute atomic E-state index is 0.0517. The summed E-state index contributed by atoms with van der Waals surface area (Å²) in [5, 5.41) is 7.52. The van der Waals surface area contributed by atoms with Crippen molar-refractivity contribution in [1.29, 1.82) is 0 Å². The van der Waals surface area contributed by atoms with Gasteiger partial charge >= 0.3 is 5.97 Å². The van der Waals surface area contributed by atoms with Crippen LogP contribution in [-0.4, -0.2) is 47.1 Å². The van der Waals surface area contributed by atoms with Gasteiger partial charge in [0.2, 0.25) is 10.0 Å². The molecule has 11 heteroatoms. The number of aromatic nitrogens is 3. The molecule has 3 heterocycles. The van der Waals surface area contributed by atoms with Crippen LogP contribution in [0.15, 0.2) is 13.9 Å². The summed E-state index contributed by atoms with van der Waals surface area (Å²) in [5.41, 5.74) is 0.307. The second-order valence-electron chi connectivity index (χ2n) is 6.82. The second kappa shape index (κ2) is 8.39. The Morgan fingerprint density at radius 3 is 2.75 bits per heavy atom. The van der Waals surface area contributed by atoms with Gasteiger partial charge in [-0.15, -0.1) is 0 Å². The van der Waals surface area contributed by atoms with Crippen LogP contribution in [0.5, 0.6) is 0 Å². The standard InChI is InChI=1S/C17H24N4O6S/c1-4-6-14-18-15(27-20-14)10-25-17(22)13-7-5-8-21(9-13)28(23,24)16-11(2)19-26-12(16)3/h13H,4-10H2,1-3H3. The monoisotopic (exact) mass is 412 g/mol. The van der Waals surface area contributed by atoms with Crippen molar-refractivity contribution in [1.82, 2.24) is 19.6 Å². The first-order valence-electron chi connectivity index (χ1n) is 9.24. The van der Waals surface area contributed by atoms with Crippen molar-refractivity contribution in [2.75, 3.05) is 13.1 Å². The van der Waals surface area contributed by atoms with E-state index in [1.54, 1.807) is 13.8 Å². The lowest BCUT2D eigenvalue weighted by Crippen LogP contribution is -2.43. The number of carbonyl (C=O) groups excluding carboxylic acids is 1. The molecule has 0 radical (unpaired) electrons. The third-order valence-corrected chi connectivity index (χ3v) is 6.72. The minimum Gasteiger partial charge on any atom is -0.455 e. The number of esters is 1. The summed E-state index contributed by atoms with van der Waals surface area (Å²) < 4.78 is 42.5. The molecule has 0 aromatic carbocycles. The maximum Gasteiger partial charge on any atom is 0.310 e. The predicted molar refractivity (Wildman–Crippen MR) is 95.5 cm³/mol. The Kier molecular flexibility index (Phi) is 6.14. The molecule has 2 aromatic heterocycles. The molecular weight excluding hydrogens is 388 g/mol. The van der Waals surface area contributed by atoms with Crippen LogP contribution in [0.2, 0.25) is 0 Å². The molecule has 1 aliphatic rings. The number of aryl methyl sites for hydroxylation is 3. The van der Waals surface area contributed by atoms with Crippen molar-refractivity contribution >= 4 is 16.0 Å². The van der Waals surface area contributed by atoms with Crippen LogP contribution in [0.3, 0.4) is 0 Å². The Bertz CT molecular complexity index is 916. The van der Waals surface area contributed by atoms with Crippen molar-refractivity contribution in [3.8, 4) is 0 Å². The lowest BCUT2D eigenvalue weighted by Gasteiger charge is -2.30. The topological polar surface area (TPSA) is 129 Å². The molecule has 0 saturated carbocycles. The number of hydrogen-bond donors (Lipinski definition) is 0. The number of carbonyl (C=O) groups is 1. The fourth-order valence-corrected chi connectivity index (χ4v) is 5.06. The van der Waals surface area contributed by atoms with E-state index in [1.807, 2.05) is 6.92 Å². The van der Waals surface area contributed by atoms with Gasteiger partial charge in [-0.05, 0) is 33.1 Å². The third-order valence-electron chi connectivity index (χ3n) is 4.60. The van der Waals surface area contributed by atoms with E-state index < -0.39 is 21.9 Å². The summed E-state index contributed by atoms with van der Waals surface area (Å²) in [7, 11) is -3.79. The van der Waals surface area contributed by atoms with Gasteiger partial charge < -0.3 is 13.8 Å². The van der Waals surface area contributed by atoms with Gasteiger partial charge in [-0.25, -0.2) is 8.42 Å².